The van der Waals surface area contributed by atoms with Crippen molar-refractivity contribution < 1.29 is 23.1 Å². The van der Waals surface area contributed by atoms with Gasteiger partial charge in [0.25, 0.3) is 0 Å². The van der Waals surface area contributed by atoms with Gasteiger partial charge in [0.1, 0.15) is 0 Å². The Balaban J connectivity index is 2.35. The molecule has 0 saturated carbocycles. The van der Waals surface area contributed by atoms with E-state index in [0.29, 0.717) is 23.5 Å². The lowest BCUT2D eigenvalue weighted by atomic mass is 9.96. The van der Waals surface area contributed by atoms with Crippen LogP contribution in [0.4, 0.5) is 18.9 Å². The maximum absolute atomic E-state index is 12.9. The molecule has 1 aliphatic heterocycles. The number of carboxylic acid groups (broad SMARTS) is 1. The number of anilines is 1. The Hall–Kier alpha value is -1.37. The molecule has 116 valence electrons. The maximum atomic E-state index is 12.9. The summed E-state index contributed by atoms with van der Waals surface area (Å²) in [5, 5.41) is 9.37. The lowest BCUT2D eigenvalue weighted by Gasteiger charge is -2.36. The summed E-state index contributed by atoms with van der Waals surface area (Å²) >= 11 is 1.28. The van der Waals surface area contributed by atoms with Gasteiger partial charge in [0.15, 0.2) is 0 Å². The summed E-state index contributed by atoms with van der Waals surface area (Å²) in [4.78, 5) is 13.6. The fourth-order valence-corrected chi connectivity index (χ4v) is 3.24. The van der Waals surface area contributed by atoms with E-state index in [-0.39, 0.29) is 18.5 Å². The van der Waals surface area contributed by atoms with Crippen molar-refractivity contribution in [2.75, 3.05) is 24.2 Å². The minimum atomic E-state index is -4.24. The van der Waals surface area contributed by atoms with E-state index in [4.69, 9.17) is 0 Å². The zero-order valence-electron chi connectivity index (χ0n) is 11.5. The van der Waals surface area contributed by atoms with Gasteiger partial charge in [-0.1, -0.05) is 6.07 Å². The van der Waals surface area contributed by atoms with Crippen molar-refractivity contribution in [3.63, 3.8) is 0 Å². The average molecular weight is 319 g/mol. The molecule has 0 radical (unpaired) electrons. The highest BCUT2D eigenvalue weighted by atomic mass is 32.2. The van der Waals surface area contributed by atoms with E-state index in [0.717, 1.165) is 0 Å². The van der Waals surface area contributed by atoms with Gasteiger partial charge in [-0.3, -0.25) is 0 Å². The third-order valence-electron chi connectivity index (χ3n) is 3.66. The summed E-state index contributed by atoms with van der Waals surface area (Å²) in [6, 6.07) is 4.94. The molecule has 1 unspecified atom stereocenters. The molecule has 1 saturated heterocycles. The summed E-state index contributed by atoms with van der Waals surface area (Å²) in [5.74, 6) is -2.50. The third kappa shape index (κ3) is 3.45. The van der Waals surface area contributed by atoms with Crippen molar-refractivity contribution in [2.45, 2.75) is 23.9 Å². The topological polar surface area (TPSA) is 40.5 Å². The molecule has 0 bridgehead atoms. The number of hydrogen-bond donors (Lipinski definition) is 1. The van der Waals surface area contributed by atoms with E-state index in [9.17, 15) is 23.1 Å². The normalized spacial score (nSPS) is 19.6. The average Bonchev–Trinajstić information content (AvgIpc) is 2.45. The Kier molecular flexibility index (Phi) is 4.70. The lowest BCUT2D eigenvalue weighted by Crippen LogP contribution is -2.42. The van der Waals surface area contributed by atoms with Crippen LogP contribution in [-0.2, 0) is 0 Å². The van der Waals surface area contributed by atoms with Crippen LogP contribution >= 0.6 is 11.8 Å². The Morgan fingerprint density at radius 2 is 2.14 bits per heavy atom. The van der Waals surface area contributed by atoms with Gasteiger partial charge in [0, 0.05) is 18.0 Å². The van der Waals surface area contributed by atoms with E-state index in [2.05, 4.69) is 0 Å². The minimum absolute atomic E-state index is 0.0906. The molecule has 1 aromatic rings. The van der Waals surface area contributed by atoms with E-state index in [1.807, 2.05) is 0 Å². The van der Waals surface area contributed by atoms with Gasteiger partial charge in [-0.05, 0) is 31.2 Å². The van der Waals surface area contributed by atoms with Crippen LogP contribution in [0.5, 0.6) is 0 Å². The largest absolute Gasteiger partial charge is 0.478 e. The molecule has 1 N–H and O–H groups in total. The first-order chi connectivity index (χ1) is 9.84. The second-order valence-electron chi connectivity index (χ2n) is 4.99. The SMILES string of the molecule is CSc1cccc(N2CCCC(C(F)(F)F)C2)c1C(=O)O. The van der Waals surface area contributed by atoms with Crippen LogP contribution in [0, 0.1) is 5.92 Å². The highest BCUT2D eigenvalue weighted by Gasteiger charge is 2.42. The number of alkyl halides is 3. The van der Waals surface area contributed by atoms with Crippen LogP contribution in [0.3, 0.4) is 0 Å². The van der Waals surface area contributed by atoms with E-state index in [1.165, 1.54) is 11.8 Å². The maximum Gasteiger partial charge on any atom is 0.393 e. The summed E-state index contributed by atoms with van der Waals surface area (Å²) in [6.45, 7) is 0.270. The first-order valence-corrected chi connectivity index (χ1v) is 7.79. The zero-order chi connectivity index (χ0) is 15.6. The van der Waals surface area contributed by atoms with E-state index in [1.54, 1.807) is 29.4 Å². The number of hydrogen-bond acceptors (Lipinski definition) is 3. The number of piperidine rings is 1. The highest BCUT2D eigenvalue weighted by molar-refractivity contribution is 7.98. The molecule has 2 rings (SSSR count). The molecule has 3 nitrogen and oxygen atoms in total. The van der Waals surface area contributed by atoms with Crippen molar-refractivity contribution >= 4 is 23.4 Å². The van der Waals surface area contributed by atoms with Gasteiger partial charge < -0.3 is 10.0 Å². The molecule has 1 aliphatic rings. The summed E-state index contributed by atoms with van der Waals surface area (Å²) < 4.78 is 38.7. The summed E-state index contributed by atoms with van der Waals surface area (Å²) in [7, 11) is 0. The molecule has 1 heterocycles. The Morgan fingerprint density at radius 1 is 1.43 bits per heavy atom. The number of rotatable bonds is 3. The number of aromatic carboxylic acids is 1. The van der Waals surface area contributed by atoms with Crippen molar-refractivity contribution in [3.05, 3.63) is 23.8 Å². The summed E-state index contributed by atoms with van der Waals surface area (Å²) in [6.07, 6.45) is -1.98. The third-order valence-corrected chi connectivity index (χ3v) is 4.44. The van der Waals surface area contributed by atoms with Crippen LogP contribution in [-0.4, -0.2) is 36.6 Å². The van der Waals surface area contributed by atoms with Crippen molar-refractivity contribution in [2.24, 2.45) is 5.92 Å². The minimum Gasteiger partial charge on any atom is -0.478 e. The molecular weight excluding hydrogens is 303 g/mol. The smallest absolute Gasteiger partial charge is 0.393 e. The quantitative estimate of drug-likeness (QED) is 0.858. The number of benzene rings is 1. The molecule has 1 aromatic carbocycles. The number of thioether (sulfide) groups is 1. The number of halogens is 3. The molecular formula is C14H16F3NO2S. The second kappa shape index (κ2) is 6.17. The van der Waals surface area contributed by atoms with Crippen LogP contribution in [0.15, 0.2) is 23.1 Å². The van der Waals surface area contributed by atoms with Crippen molar-refractivity contribution in [1.29, 1.82) is 0 Å². The standard InChI is InChI=1S/C14H16F3NO2S/c1-21-11-6-2-5-10(12(11)13(19)20)18-7-3-4-9(8-18)14(15,16)17/h2,5-6,9H,3-4,7-8H2,1H3,(H,19,20). The fraction of sp³-hybridized carbons (Fsp3) is 0.500. The number of nitrogens with zero attached hydrogens (tertiary/aromatic N) is 1. The molecule has 0 aliphatic carbocycles. The highest BCUT2D eigenvalue weighted by Crippen LogP contribution is 2.37. The van der Waals surface area contributed by atoms with Crippen LogP contribution in [0.25, 0.3) is 0 Å². The summed E-state index contributed by atoms with van der Waals surface area (Å²) in [5.41, 5.74) is 0.469. The Labute approximate surface area is 125 Å². The van der Waals surface area contributed by atoms with Crippen molar-refractivity contribution in [1.82, 2.24) is 0 Å². The number of carboxylic acids is 1. The lowest BCUT2D eigenvalue weighted by molar-refractivity contribution is -0.175. The van der Waals surface area contributed by atoms with Gasteiger partial charge in [-0.25, -0.2) is 4.79 Å². The number of carbonyl (C=O) groups is 1. The molecule has 0 spiro atoms. The second-order valence-corrected chi connectivity index (χ2v) is 5.83. The van der Waals surface area contributed by atoms with Gasteiger partial charge in [0.05, 0.1) is 17.2 Å². The van der Waals surface area contributed by atoms with Crippen molar-refractivity contribution in [3.8, 4) is 0 Å². The van der Waals surface area contributed by atoms with Crippen LogP contribution < -0.4 is 4.90 Å². The fourth-order valence-electron chi connectivity index (χ4n) is 2.63. The Morgan fingerprint density at radius 3 is 2.71 bits per heavy atom. The van der Waals surface area contributed by atoms with Crippen LogP contribution in [0.1, 0.15) is 23.2 Å². The molecule has 1 fully saturated rings. The first kappa shape index (κ1) is 16.0. The molecule has 0 amide bonds. The monoisotopic (exact) mass is 319 g/mol. The van der Waals surface area contributed by atoms with Gasteiger partial charge in [-0.2, -0.15) is 13.2 Å². The van der Waals surface area contributed by atoms with Crippen LogP contribution in [0.2, 0.25) is 0 Å². The molecule has 1 atom stereocenters. The van der Waals surface area contributed by atoms with Gasteiger partial charge >= 0.3 is 12.1 Å². The van der Waals surface area contributed by atoms with Gasteiger partial charge in [0.2, 0.25) is 0 Å². The van der Waals surface area contributed by atoms with E-state index >= 15 is 0 Å². The molecule has 21 heavy (non-hydrogen) atoms. The van der Waals surface area contributed by atoms with E-state index < -0.39 is 18.1 Å². The van der Waals surface area contributed by atoms with Gasteiger partial charge in [-0.15, -0.1) is 11.8 Å². The first-order valence-electron chi connectivity index (χ1n) is 6.56. The molecule has 0 aromatic heterocycles. The zero-order valence-corrected chi connectivity index (χ0v) is 12.3. The Bertz CT molecular complexity index is 533. The predicted octanol–water partition coefficient (Wildman–Crippen LogP) is 3.89. The predicted molar refractivity (Wildman–Crippen MR) is 76.2 cm³/mol. The molecule has 7 heteroatoms.